The molecule has 2 saturated heterocycles. The molecule has 0 radical (unpaired) electrons. The normalized spacial score (nSPS) is 27.9. The van der Waals surface area contributed by atoms with Gasteiger partial charge in [-0.3, -0.25) is 4.79 Å². The Kier molecular flexibility index (Phi) is 3.12. The van der Waals surface area contributed by atoms with Crippen molar-refractivity contribution in [1.29, 1.82) is 0 Å². The molecular formula is C14H21N5O. The standard InChI is InChI=1S/C14H21N5O/c1-9-7-11(12(20)16-2)18-13(17-9)19-10-3-5-14(19,8-15)6-4-10/h7,10H,3-6,8,15H2,1-2H3,(H,16,20). The van der Waals surface area contributed by atoms with Crippen LogP contribution in [0.5, 0.6) is 0 Å². The molecular weight excluding hydrogens is 254 g/mol. The summed E-state index contributed by atoms with van der Waals surface area (Å²) in [5, 5.41) is 2.62. The highest BCUT2D eigenvalue weighted by Gasteiger charge is 2.52. The number of hydrogen-bond donors (Lipinski definition) is 2. The van der Waals surface area contributed by atoms with Gasteiger partial charge in [-0.1, -0.05) is 0 Å². The van der Waals surface area contributed by atoms with Gasteiger partial charge in [-0.25, -0.2) is 9.97 Å². The van der Waals surface area contributed by atoms with E-state index in [1.165, 1.54) is 0 Å². The van der Waals surface area contributed by atoms with E-state index in [0.29, 0.717) is 24.2 Å². The summed E-state index contributed by atoms with van der Waals surface area (Å²) in [4.78, 5) is 23.1. The number of carbonyl (C=O) groups is 1. The van der Waals surface area contributed by atoms with E-state index >= 15 is 0 Å². The van der Waals surface area contributed by atoms with E-state index in [0.717, 1.165) is 31.4 Å². The number of fused-ring (bicyclic) bond motifs is 2. The quantitative estimate of drug-likeness (QED) is 0.844. The van der Waals surface area contributed by atoms with Crippen LogP contribution in [-0.2, 0) is 0 Å². The van der Waals surface area contributed by atoms with Crippen LogP contribution in [-0.4, -0.2) is 41.0 Å². The molecule has 2 aliphatic rings. The second kappa shape index (κ2) is 4.70. The van der Waals surface area contributed by atoms with Crippen LogP contribution in [0.2, 0.25) is 0 Å². The summed E-state index contributed by atoms with van der Waals surface area (Å²) >= 11 is 0. The maximum atomic E-state index is 11.8. The van der Waals surface area contributed by atoms with Crippen molar-refractivity contribution in [2.75, 3.05) is 18.5 Å². The van der Waals surface area contributed by atoms with E-state index in [-0.39, 0.29) is 11.4 Å². The molecule has 0 spiro atoms. The van der Waals surface area contributed by atoms with E-state index in [1.807, 2.05) is 6.92 Å². The van der Waals surface area contributed by atoms with E-state index in [9.17, 15) is 4.79 Å². The molecule has 20 heavy (non-hydrogen) atoms. The maximum absolute atomic E-state index is 11.8. The third-order valence-electron chi connectivity index (χ3n) is 4.66. The molecule has 6 heteroatoms. The van der Waals surface area contributed by atoms with E-state index in [1.54, 1.807) is 13.1 Å². The maximum Gasteiger partial charge on any atom is 0.269 e. The smallest absolute Gasteiger partial charge is 0.269 e. The number of amides is 1. The first kappa shape index (κ1) is 13.3. The molecule has 3 heterocycles. The molecule has 6 nitrogen and oxygen atoms in total. The zero-order chi connectivity index (χ0) is 14.3. The van der Waals surface area contributed by atoms with Crippen LogP contribution in [0.4, 0.5) is 5.95 Å². The highest BCUT2D eigenvalue weighted by Crippen LogP contribution is 2.47. The summed E-state index contributed by atoms with van der Waals surface area (Å²) in [6.45, 7) is 2.51. The summed E-state index contributed by atoms with van der Waals surface area (Å²) in [6.07, 6.45) is 4.48. The molecule has 0 saturated carbocycles. The first-order valence-corrected chi connectivity index (χ1v) is 7.17. The lowest BCUT2D eigenvalue weighted by Crippen LogP contribution is -2.48. The Morgan fingerprint density at radius 2 is 2.20 bits per heavy atom. The summed E-state index contributed by atoms with van der Waals surface area (Å²) in [6, 6.07) is 2.19. The Hall–Kier alpha value is -1.69. The molecule has 0 aliphatic carbocycles. The number of aryl methyl sites for hydroxylation is 1. The third-order valence-corrected chi connectivity index (χ3v) is 4.66. The van der Waals surface area contributed by atoms with Crippen LogP contribution in [0.3, 0.4) is 0 Å². The number of anilines is 1. The van der Waals surface area contributed by atoms with Crippen molar-refractivity contribution >= 4 is 11.9 Å². The highest BCUT2D eigenvalue weighted by molar-refractivity contribution is 5.92. The predicted molar refractivity (Wildman–Crippen MR) is 76.7 cm³/mol. The van der Waals surface area contributed by atoms with Crippen LogP contribution in [0.25, 0.3) is 0 Å². The highest BCUT2D eigenvalue weighted by atomic mass is 16.1. The van der Waals surface area contributed by atoms with Crippen molar-refractivity contribution < 1.29 is 4.79 Å². The second-order valence-electron chi connectivity index (χ2n) is 5.80. The Balaban J connectivity index is 2.02. The fourth-order valence-electron chi connectivity index (χ4n) is 3.61. The predicted octanol–water partition coefficient (Wildman–Crippen LogP) is 0.605. The fraction of sp³-hybridized carbons (Fsp3) is 0.643. The second-order valence-corrected chi connectivity index (χ2v) is 5.80. The number of rotatable bonds is 3. The zero-order valence-electron chi connectivity index (χ0n) is 12.0. The van der Waals surface area contributed by atoms with Crippen LogP contribution >= 0.6 is 0 Å². The number of nitrogens with two attached hydrogens (primary N) is 1. The lowest BCUT2D eigenvalue weighted by Gasteiger charge is -2.34. The molecule has 2 fully saturated rings. The van der Waals surface area contributed by atoms with E-state index in [2.05, 4.69) is 20.2 Å². The lowest BCUT2D eigenvalue weighted by atomic mass is 9.88. The summed E-state index contributed by atoms with van der Waals surface area (Å²) in [5.74, 6) is 0.485. The van der Waals surface area contributed by atoms with Crippen molar-refractivity contribution in [3.05, 3.63) is 17.5 Å². The Morgan fingerprint density at radius 3 is 2.80 bits per heavy atom. The van der Waals surface area contributed by atoms with Crippen LogP contribution in [0.15, 0.2) is 6.07 Å². The van der Waals surface area contributed by atoms with Crippen LogP contribution < -0.4 is 16.0 Å². The molecule has 1 aromatic heterocycles. The van der Waals surface area contributed by atoms with E-state index in [4.69, 9.17) is 5.73 Å². The number of hydrogen-bond acceptors (Lipinski definition) is 5. The molecule has 2 bridgehead atoms. The molecule has 1 aromatic rings. The van der Waals surface area contributed by atoms with Gasteiger partial charge in [0, 0.05) is 25.3 Å². The fourth-order valence-corrected chi connectivity index (χ4v) is 3.61. The number of nitrogens with one attached hydrogen (secondary N) is 1. The molecule has 3 N–H and O–H groups in total. The minimum Gasteiger partial charge on any atom is -0.354 e. The van der Waals surface area contributed by atoms with Crippen LogP contribution in [0.1, 0.15) is 41.9 Å². The van der Waals surface area contributed by atoms with Gasteiger partial charge in [0.15, 0.2) is 0 Å². The van der Waals surface area contributed by atoms with Crippen LogP contribution in [0, 0.1) is 6.92 Å². The number of aromatic nitrogens is 2. The van der Waals surface area contributed by atoms with Crippen molar-refractivity contribution in [3.8, 4) is 0 Å². The summed E-state index contributed by atoms with van der Waals surface area (Å²) in [7, 11) is 1.61. The van der Waals surface area contributed by atoms with Gasteiger partial charge in [-0.05, 0) is 38.7 Å². The van der Waals surface area contributed by atoms with Gasteiger partial charge < -0.3 is 16.0 Å². The first-order chi connectivity index (χ1) is 9.59. The zero-order valence-corrected chi connectivity index (χ0v) is 12.0. The van der Waals surface area contributed by atoms with Crippen molar-refractivity contribution in [3.63, 3.8) is 0 Å². The van der Waals surface area contributed by atoms with Gasteiger partial charge in [0.25, 0.3) is 5.91 Å². The Labute approximate surface area is 118 Å². The lowest BCUT2D eigenvalue weighted by molar-refractivity contribution is 0.0958. The molecule has 108 valence electrons. The third kappa shape index (κ3) is 1.86. The Bertz CT molecular complexity index is 536. The topological polar surface area (TPSA) is 84.1 Å². The number of carbonyl (C=O) groups excluding carboxylic acids is 1. The first-order valence-electron chi connectivity index (χ1n) is 7.17. The minimum atomic E-state index is -0.176. The van der Waals surface area contributed by atoms with Crippen molar-refractivity contribution in [2.24, 2.45) is 5.73 Å². The van der Waals surface area contributed by atoms with Gasteiger partial charge in [-0.15, -0.1) is 0 Å². The Morgan fingerprint density at radius 1 is 1.50 bits per heavy atom. The van der Waals surface area contributed by atoms with Gasteiger partial charge in [0.2, 0.25) is 5.95 Å². The molecule has 3 rings (SSSR count). The average Bonchev–Trinajstić information content (AvgIpc) is 3.01. The van der Waals surface area contributed by atoms with Crippen molar-refractivity contribution in [1.82, 2.24) is 15.3 Å². The molecule has 2 aliphatic heterocycles. The summed E-state index contributed by atoms with van der Waals surface area (Å²) < 4.78 is 0. The van der Waals surface area contributed by atoms with E-state index < -0.39 is 0 Å². The SMILES string of the molecule is CNC(=O)c1cc(C)nc(N2C3CCC2(CN)CC3)n1. The summed E-state index contributed by atoms with van der Waals surface area (Å²) in [5.41, 5.74) is 7.25. The average molecular weight is 275 g/mol. The van der Waals surface area contributed by atoms with Crippen molar-refractivity contribution in [2.45, 2.75) is 44.2 Å². The molecule has 0 unspecified atom stereocenters. The molecule has 0 aromatic carbocycles. The molecule has 0 atom stereocenters. The largest absolute Gasteiger partial charge is 0.354 e. The minimum absolute atomic E-state index is 0.00157. The van der Waals surface area contributed by atoms with Gasteiger partial charge in [0.1, 0.15) is 5.69 Å². The monoisotopic (exact) mass is 275 g/mol. The molecule has 1 amide bonds. The van der Waals surface area contributed by atoms with Gasteiger partial charge in [-0.2, -0.15) is 0 Å². The number of nitrogens with zero attached hydrogens (tertiary/aromatic N) is 3. The van der Waals surface area contributed by atoms with Gasteiger partial charge >= 0.3 is 0 Å². The van der Waals surface area contributed by atoms with Gasteiger partial charge in [0.05, 0.1) is 5.54 Å².